The van der Waals surface area contributed by atoms with Gasteiger partial charge in [-0.1, -0.05) is 18.2 Å². The van der Waals surface area contributed by atoms with Gasteiger partial charge in [0.15, 0.2) is 0 Å². The molecule has 0 bridgehead atoms. The third-order valence-electron chi connectivity index (χ3n) is 3.83. The van der Waals surface area contributed by atoms with Crippen molar-refractivity contribution in [3.05, 3.63) is 54.0 Å². The van der Waals surface area contributed by atoms with Crippen LogP contribution in [0.15, 0.2) is 42.7 Å². The van der Waals surface area contributed by atoms with Crippen molar-refractivity contribution in [2.24, 2.45) is 5.73 Å². The lowest BCUT2D eigenvalue weighted by atomic mass is 10.2. The van der Waals surface area contributed by atoms with Gasteiger partial charge in [0.05, 0.1) is 5.69 Å². The Morgan fingerprint density at radius 2 is 1.82 bits per heavy atom. The largest absolute Gasteiger partial charge is 0.353 e. The number of anilines is 1. The van der Waals surface area contributed by atoms with Crippen molar-refractivity contribution in [2.45, 2.75) is 6.54 Å². The van der Waals surface area contributed by atoms with Crippen molar-refractivity contribution in [2.75, 3.05) is 31.1 Å². The van der Waals surface area contributed by atoms with Gasteiger partial charge in [0, 0.05) is 44.4 Å². The highest BCUT2D eigenvalue weighted by molar-refractivity contribution is 5.94. The van der Waals surface area contributed by atoms with Gasteiger partial charge in [0.1, 0.15) is 12.1 Å². The van der Waals surface area contributed by atoms with Gasteiger partial charge in [-0.2, -0.15) is 0 Å². The van der Waals surface area contributed by atoms with Crippen LogP contribution in [0.3, 0.4) is 0 Å². The molecule has 2 N–H and O–H groups in total. The number of carbonyl (C=O) groups is 1. The predicted molar refractivity (Wildman–Crippen MR) is 84.5 cm³/mol. The molecule has 1 aliphatic rings. The summed E-state index contributed by atoms with van der Waals surface area (Å²) in [5, 5.41) is 0. The normalized spacial score (nSPS) is 15.0. The number of hydrogen-bond donors (Lipinski definition) is 1. The Labute approximate surface area is 129 Å². The Kier molecular flexibility index (Phi) is 4.29. The van der Waals surface area contributed by atoms with E-state index in [1.54, 1.807) is 6.33 Å². The first-order chi connectivity index (χ1) is 10.8. The molecule has 6 heteroatoms. The summed E-state index contributed by atoms with van der Waals surface area (Å²) in [6.07, 6.45) is 1.54. The summed E-state index contributed by atoms with van der Waals surface area (Å²) in [7, 11) is 0. The lowest BCUT2D eigenvalue weighted by Gasteiger charge is -2.35. The zero-order chi connectivity index (χ0) is 15.4. The molecule has 3 rings (SSSR count). The van der Waals surface area contributed by atoms with Crippen LogP contribution in [0.5, 0.6) is 0 Å². The molecule has 0 spiro atoms. The van der Waals surface area contributed by atoms with E-state index in [0.29, 0.717) is 19.6 Å². The number of piperazine rings is 1. The maximum absolute atomic E-state index is 12.4. The smallest absolute Gasteiger partial charge is 0.253 e. The number of carbonyl (C=O) groups excluding carboxylic acids is 1. The van der Waals surface area contributed by atoms with Crippen LogP contribution in [-0.4, -0.2) is 47.0 Å². The van der Waals surface area contributed by atoms with Crippen molar-refractivity contribution >= 4 is 11.7 Å². The third-order valence-corrected chi connectivity index (χ3v) is 3.83. The van der Waals surface area contributed by atoms with E-state index in [0.717, 1.165) is 30.2 Å². The lowest BCUT2D eigenvalue weighted by molar-refractivity contribution is 0.0746. The molecule has 1 aliphatic heterocycles. The highest BCUT2D eigenvalue weighted by atomic mass is 16.2. The van der Waals surface area contributed by atoms with Crippen molar-refractivity contribution in [1.29, 1.82) is 0 Å². The van der Waals surface area contributed by atoms with Gasteiger partial charge < -0.3 is 15.5 Å². The number of hydrogen-bond acceptors (Lipinski definition) is 5. The Hall–Kier alpha value is -2.47. The quantitative estimate of drug-likeness (QED) is 0.911. The van der Waals surface area contributed by atoms with E-state index in [1.807, 2.05) is 41.3 Å². The first-order valence-electron chi connectivity index (χ1n) is 7.38. The van der Waals surface area contributed by atoms with Crippen LogP contribution >= 0.6 is 0 Å². The van der Waals surface area contributed by atoms with Gasteiger partial charge >= 0.3 is 0 Å². The molecule has 1 amide bonds. The number of nitrogens with two attached hydrogens (primary N) is 1. The van der Waals surface area contributed by atoms with E-state index in [9.17, 15) is 4.79 Å². The Bertz CT molecular complexity index is 638. The van der Waals surface area contributed by atoms with Gasteiger partial charge in [-0.25, -0.2) is 9.97 Å². The molecule has 1 fully saturated rings. The number of rotatable bonds is 3. The standard InChI is InChI=1S/C16H19N5O/c17-11-14-10-15(19-12-18-14)20-6-8-21(9-7-20)16(22)13-4-2-1-3-5-13/h1-5,10,12H,6-9,11,17H2. The van der Waals surface area contributed by atoms with Crippen LogP contribution in [0.2, 0.25) is 0 Å². The van der Waals surface area contributed by atoms with Crippen molar-refractivity contribution in [3.8, 4) is 0 Å². The molecule has 1 aromatic carbocycles. The molecule has 22 heavy (non-hydrogen) atoms. The summed E-state index contributed by atoms with van der Waals surface area (Å²) in [6, 6.07) is 11.3. The van der Waals surface area contributed by atoms with Crippen LogP contribution in [0.4, 0.5) is 5.82 Å². The lowest BCUT2D eigenvalue weighted by Crippen LogP contribution is -2.49. The Balaban J connectivity index is 1.64. The maximum Gasteiger partial charge on any atom is 0.253 e. The topological polar surface area (TPSA) is 75.3 Å². The SMILES string of the molecule is NCc1cc(N2CCN(C(=O)c3ccccc3)CC2)ncn1. The second kappa shape index (κ2) is 6.53. The molecule has 2 heterocycles. The van der Waals surface area contributed by atoms with Crippen molar-refractivity contribution in [3.63, 3.8) is 0 Å². The monoisotopic (exact) mass is 297 g/mol. The Morgan fingerprint density at radius 1 is 1.09 bits per heavy atom. The third kappa shape index (κ3) is 3.07. The molecule has 0 atom stereocenters. The van der Waals surface area contributed by atoms with Crippen molar-refractivity contribution in [1.82, 2.24) is 14.9 Å². The van der Waals surface area contributed by atoms with E-state index < -0.39 is 0 Å². The first kappa shape index (κ1) is 14.5. The van der Waals surface area contributed by atoms with Gasteiger partial charge in [-0.15, -0.1) is 0 Å². The number of amides is 1. The predicted octanol–water partition coefficient (Wildman–Crippen LogP) is 0.898. The molecule has 1 saturated heterocycles. The minimum atomic E-state index is 0.0885. The molecule has 0 radical (unpaired) electrons. The number of aromatic nitrogens is 2. The van der Waals surface area contributed by atoms with Gasteiger partial charge in [0.25, 0.3) is 5.91 Å². The molecule has 114 valence electrons. The summed E-state index contributed by atoms with van der Waals surface area (Å²) in [5.41, 5.74) is 7.18. The second-order valence-electron chi connectivity index (χ2n) is 5.22. The maximum atomic E-state index is 12.4. The average Bonchev–Trinajstić information content (AvgIpc) is 2.62. The summed E-state index contributed by atoms with van der Waals surface area (Å²) < 4.78 is 0. The summed E-state index contributed by atoms with van der Waals surface area (Å²) in [5.74, 6) is 0.966. The van der Waals surface area contributed by atoms with Crippen LogP contribution < -0.4 is 10.6 Å². The highest BCUT2D eigenvalue weighted by Crippen LogP contribution is 2.15. The van der Waals surface area contributed by atoms with Crippen LogP contribution in [0.25, 0.3) is 0 Å². The van der Waals surface area contributed by atoms with Crippen LogP contribution in [0, 0.1) is 0 Å². The second-order valence-corrected chi connectivity index (χ2v) is 5.22. The highest BCUT2D eigenvalue weighted by Gasteiger charge is 2.22. The van der Waals surface area contributed by atoms with Gasteiger partial charge in [-0.05, 0) is 12.1 Å². The molecular weight excluding hydrogens is 278 g/mol. The molecule has 0 unspecified atom stereocenters. The first-order valence-corrected chi connectivity index (χ1v) is 7.38. The minimum Gasteiger partial charge on any atom is -0.353 e. The fraction of sp³-hybridized carbons (Fsp3) is 0.312. The van der Waals surface area contributed by atoms with E-state index >= 15 is 0 Å². The fourth-order valence-corrected chi connectivity index (χ4v) is 2.57. The average molecular weight is 297 g/mol. The van der Waals surface area contributed by atoms with Crippen LogP contribution in [0.1, 0.15) is 16.1 Å². The summed E-state index contributed by atoms with van der Waals surface area (Å²) >= 11 is 0. The van der Waals surface area contributed by atoms with Crippen LogP contribution in [-0.2, 0) is 6.54 Å². The molecule has 6 nitrogen and oxygen atoms in total. The summed E-state index contributed by atoms with van der Waals surface area (Å²) in [6.45, 7) is 3.31. The molecule has 1 aromatic heterocycles. The Morgan fingerprint density at radius 3 is 2.50 bits per heavy atom. The van der Waals surface area contributed by atoms with Gasteiger partial charge in [0.2, 0.25) is 0 Å². The van der Waals surface area contributed by atoms with E-state index in [-0.39, 0.29) is 5.91 Å². The van der Waals surface area contributed by atoms with E-state index in [4.69, 9.17) is 5.73 Å². The fourth-order valence-electron chi connectivity index (χ4n) is 2.57. The molecule has 2 aromatic rings. The zero-order valence-corrected chi connectivity index (χ0v) is 12.4. The molecule has 0 aliphatic carbocycles. The zero-order valence-electron chi connectivity index (χ0n) is 12.4. The number of nitrogens with zero attached hydrogens (tertiary/aromatic N) is 4. The minimum absolute atomic E-state index is 0.0885. The van der Waals surface area contributed by atoms with Gasteiger partial charge in [-0.3, -0.25) is 4.79 Å². The van der Waals surface area contributed by atoms with E-state index in [2.05, 4.69) is 14.9 Å². The van der Waals surface area contributed by atoms with Crippen molar-refractivity contribution < 1.29 is 4.79 Å². The molecular formula is C16H19N5O. The summed E-state index contributed by atoms with van der Waals surface area (Å²) in [4.78, 5) is 24.9. The number of benzene rings is 1. The van der Waals surface area contributed by atoms with E-state index in [1.165, 1.54) is 0 Å². The molecule has 0 saturated carbocycles.